The molecule has 1 rings (SSSR count). The Bertz CT molecular complexity index is 635. The number of rotatable bonds is 8. The smallest absolute Gasteiger partial charge is 0.407 e. The van der Waals surface area contributed by atoms with Gasteiger partial charge in [-0.05, 0) is 58.2 Å². The minimum absolute atomic E-state index is 0.0958. The van der Waals surface area contributed by atoms with Gasteiger partial charge in [-0.15, -0.1) is 0 Å². The molecule has 2 N–H and O–H groups in total. The van der Waals surface area contributed by atoms with Gasteiger partial charge < -0.3 is 20.1 Å². The van der Waals surface area contributed by atoms with Gasteiger partial charge in [-0.25, -0.2) is 4.79 Å². The maximum Gasteiger partial charge on any atom is 0.407 e. The van der Waals surface area contributed by atoms with E-state index in [1.807, 2.05) is 24.3 Å². The molecule has 0 aliphatic carbocycles. The molecule has 0 fully saturated rings. The number of ether oxygens (including phenoxy) is 2. The highest BCUT2D eigenvalue weighted by Gasteiger charge is 2.18. The Labute approximate surface area is 160 Å². The predicted molar refractivity (Wildman–Crippen MR) is 103 cm³/mol. The van der Waals surface area contributed by atoms with Crippen LogP contribution in [0.5, 0.6) is 0 Å². The third-order valence-electron chi connectivity index (χ3n) is 3.53. The molecule has 0 aromatic heterocycles. The third-order valence-corrected chi connectivity index (χ3v) is 3.53. The van der Waals surface area contributed by atoms with Crippen molar-refractivity contribution < 1.29 is 23.9 Å². The number of alkyl carbamates (subject to hydrolysis) is 1. The van der Waals surface area contributed by atoms with E-state index < -0.39 is 23.8 Å². The van der Waals surface area contributed by atoms with E-state index in [1.165, 1.54) is 12.5 Å². The average molecular weight is 378 g/mol. The van der Waals surface area contributed by atoms with Crippen LogP contribution in [0.15, 0.2) is 24.3 Å². The quantitative estimate of drug-likeness (QED) is 0.534. The van der Waals surface area contributed by atoms with E-state index in [0.717, 1.165) is 6.42 Å². The predicted octanol–water partition coefficient (Wildman–Crippen LogP) is 3.42. The van der Waals surface area contributed by atoms with Crippen molar-refractivity contribution in [1.82, 2.24) is 5.32 Å². The molecule has 0 unspecified atom stereocenters. The fraction of sp³-hybridized carbons (Fsp3) is 0.550. The molecule has 150 valence electrons. The van der Waals surface area contributed by atoms with Crippen LogP contribution < -0.4 is 10.6 Å². The van der Waals surface area contributed by atoms with Crippen molar-refractivity contribution in [1.29, 1.82) is 0 Å². The Morgan fingerprint density at radius 1 is 1.11 bits per heavy atom. The van der Waals surface area contributed by atoms with Crippen LogP contribution in [-0.2, 0) is 25.5 Å². The van der Waals surface area contributed by atoms with Gasteiger partial charge in [0.15, 0.2) is 6.10 Å². The standard InChI is InChI=1S/C20H30N2O5/c1-6-15-9-11-16(12-10-15)22-18(24)14(2)26-17(23)8-7-13-21-19(25)27-20(3,4)5/h9-12,14H,6-8,13H2,1-5H3,(H,21,25)(H,22,24)/t14-/m0/s1. The van der Waals surface area contributed by atoms with E-state index in [0.29, 0.717) is 12.1 Å². The van der Waals surface area contributed by atoms with Crippen molar-refractivity contribution in [3.8, 4) is 0 Å². The molecule has 1 atom stereocenters. The number of aryl methyl sites for hydroxylation is 1. The number of esters is 1. The number of carbonyl (C=O) groups excluding carboxylic acids is 3. The third kappa shape index (κ3) is 9.63. The van der Waals surface area contributed by atoms with Crippen LogP contribution in [0, 0.1) is 0 Å². The Morgan fingerprint density at radius 3 is 2.30 bits per heavy atom. The topological polar surface area (TPSA) is 93.7 Å². The largest absolute Gasteiger partial charge is 0.453 e. The molecule has 27 heavy (non-hydrogen) atoms. The second-order valence-corrected chi connectivity index (χ2v) is 7.20. The molecular formula is C20H30N2O5. The summed E-state index contributed by atoms with van der Waals surface area (Å²) in [6, 6.07) is 7.50. The van der Waals surface area contributed by atoms with Gasteiger partial charge >= 0.3 is 12.1 Å². The number of anilines is 1. The summed E-state index contributed by atoms with van der Waals surface area (Å²) in [4.78, 5) is 35.4. The lowest BCUT2D eigenvalue weighted by atomic mass is 10.1. The zero-order valence-corrected chi connectivity index (χ0v) is 16.8. The molecule has 0 heterocycles. The Kier molecular flexibility index (Phi) is 8.78. The summed E-state index contributed by atoms with van der Waals surface area (Å²) >= 11 is 0. The van der Waals surface area contributed by atoms with Crippen LogP contribution in [0.3, 0.4) is 0 Å². The number of nitrogens with one attached hydrogen (secondary N) is 2. The van der Waals surface area contributed by atoms with E-state index in [2.05, 4.69) is 17.6 Å². The minimum atomic E-state index is -0.901. The van der Waals surface area contributed by atoms with Crippen LogP contribution in [0.4, 0.5) is 10.5 Å². The molecule has 0 saturated carbocycles. The van der Waals surface area contributed by atoms with Gasteiger partial charge in [0.1, 0.15) is 5.60 Å². The van der Waals surface area contributed by atoms with Crippen LogP contribution in [0.25, 0.3) is 0 Å². The van der Waals surface area contributed by atoms with Gasteiger partial charge in [0.05, 0.1) is 0 Å². The second kappa shape index (κ2) is 10.5. The summed E-state index contributed by atoms with van der Waals surface area (Å²) in [6.45, 7) is 9.18. The zero-order chi connectivity index (χ0) is 20.4. The maximum absolute atomic E-state index is 12.1. The Balaban J connectivity index is 2.28. The molecule has 2 amide bonds. The highest BCUT2D eigenvalue weighted by Crippen LogP contribution is 2.11. The first-order chi connectivity index (χ1) is 12.6. The summed E-state index contributed by atoms with van der Waals surface area (Å²) in [5.74, 6) is -0.885. The zero-order valence-electron chi connectivity index (χ0n) is 16.8. The fourth-order valence-electron chi connectivity index (χ4n) is 2.11. The molecule has 0 saturated heterocycles. The maximum atomic E-state index is 12.1. The van der Waals surface area contributed by atoms with Crippen LogP contribution >= 0.6 is 0 Å². The molecule has 0 aliphatic rings. The SMILES string of the molecule is CCc1ccc(NC(=O)[C@H](C)OC(=O)CCCNC(=O)OC(C)(C)C)cc1. The van der Waals surface area contributed by atoms with Crippen LogP contribution in [0.1, 0.15) is 53.0 Å². The molecule has 7 nitrogen and oxygen atoms in total. The lowest BCUT2D eigenvalue weighted by Gasteiger charge is -2.19. The molecular weight excluding hydrogens is 348 g/mol. The first-order valence-electron chi connectivity index (χ1n) is 9.17. The summed E-state index contributed by atoms with van der Waals surface area (Å²) < 4.78 is 10.2. The van der Waals surface area contributed by atoms with Crippen molar-refractivity contribution in [3.05, 3.63) is 29.8 Å². The summed E-state index contributed by atoms with van der Waals surface area (Å²) in [5.41, 5.74) is 1.26. The monoisotopic (exact) mass is 378 g/mol. The number of hydrogen-bond acceptors (Lipinski definition) is 5. The van der Waals surface area contributed by atoms with E-state index in [-0.39, 0.29) is 18.9 Å². The Hall–Kier alpha value is -2.57. The second-order valence-electron chi connectivity index (χ2n) is 7.20. The van der Waals surface area contributed by atoms with Crippen LogP contribution in [0.2, 0.25) is 0 Å². The fourth-order valence-corrected chi connectivity index (χ4v) is 2.11. The van der Waals surface area contributed by atoms with Crippen molar-refractivity contribution in [3.63, 3.8) is 0 Å². The number of benzene rings is 1. The van der Waals surface area contributed by atoms with Gasteiger partial charge in [-0.2, -0.15) is 0 Å². The van der Waals surface area contributed by atoms with Gasteiger partial charge in [0, 0.05) is 18.7 Å². The summed E-state index contributed by atoms with van der Waals surface area (Å²) in [6.07, 6.45) is -0.0194. The normalized spacial score (nSPS) is 12.0. The first kappa shape index (κ1) is 22.5. The number of amides is 2. The van der Waals surface area contributed by atoms with Gasteiger partial charge in [0.25, 0.3) is 5.91 Å². The van der Waals surface area contributed by atoms with E-state index in [1.54, 1.807) is 20.8 Å². The van der Waals surface area contributed by atoms with Gasteiger partial charge in [-0.1, -0.05) is 19.1 Å². The van der Waals surface area contributed by atoms with E-state index in [9.17, 15) is 14.4 Å². The van der Waals surface area contributed by atoms with Crippen molar-refractivity contribution in [2.75, 3.05) is 11.9 Å². The molecule has 1 aromatic carbocycles. The molecule has 0 bridgehead atoms. The van der Waals surface area contributed by atoms with Crippen LogP contribution in [-0.4, -0.2) is 36.2 Å². The molecule has 0 radical (unpaired) electrons. The van der Waals surface area contributed by atoms with Crippen molar-refractivity contribution >= 4 is 23.7 Å². The van der Waals surface area contributed by atoms with Gasteiger partial charge in [0.2, 0.25) is 0 Å². The average Bonchev–Trinajstić information content (AvgIpc) is 2.57. The summed E-state index contributed by atoms with van der Waals surface area (Å²) in [5, 5.41) is 5.28. The number of carbonyl (C=O) groups is 3. The van der Waals surface area contributed by atoms with E-state index >= 15 is 0 Å². The highest BCUT2D eigenvalue weighted by molar-refractivity contribution is 5.95. The molecule has 0 aliphatic heterocycles. The molecule has 7 heteroatoms. The van der Waals surface area contributed by atoms with Gasteiger partial charge in [-0.3, -0.25) is 9.59 Å². The highest BCUT2D eigenvalue weighted by atomic mass is 16.6. The Morgan fingerprint density at radius 2 is 1.74 bits per heavy atom. The molecule has 1 aromatic rings. The lowest BCUT2D eigenvalue weighted by molar-refractivity contribution is -0.153. The minimum Gasteiger partial charge on any atom is -0.453 e. The first-order valence-corrected chi connectivity index (χ1v) is 9.17. The molecule has 0 spiro atoms. The summed E-state index contributed by atoms with van der Waals surface area (Å²) in [7, 11) is 0. The van der Waals surface area contributed by atoms with E-state index in [4.69, 9.17) is 9.47 Å². The van der Waals surface area contributed by atoms with Crippen molar-refractivity contribution in [2.45, 2.75) is 65.6 Å². The van der Waals surface area contributed by atoms with Crippen molar-refractivity contribution in [2.24, 2.45) is 0 Å². The lowest BCUT2D eigenvalue weighted by Crippen LogP contribution is -2.33. The number of hydrogen-bond donors (Lipinski definition) is 2.